The molecule has 0 spiro atoms. The standard InChI is InChI=1S/C11H12F5NO/c1-4(2)5(18)3-17-11-9(15)7(13)6(12)8(14)10(11)16/h4-5,17-18H,3H2,1-2H3. The predicted molar refractivity (Wildman–Crippen MR) is 55.6 cm³/mol. The van der Waals surface area contributed by atoms with Crippen LogP contribution in [0.15, 0.2) is 0 Å². The number of nitrogens with one attached hydrogen (secondary N) is 1. The molecule has 2 nitrogen and oxygen atoms in total. The number of benzene rings is 1. The van der Waals surface area contributed by atoms with E-state index in [-0.39, 0.29) is 12.5 Å². The molecular formula is C11H12F5NO. The summed E-state index contributed by atoms with van der Waals surface area (Å²) < 4.78 is 64.7. The van der Waals surface area contributed by atoms with Crippen molar-refractivity contribution in [2.24, 2.45) is 5.92 Å². The summed E-state index contributed by atoms with van der Waals surface area (Å²) in [4.78, 5) is 0. The van der Waals surface area contributed by atoms with E-state index in [9.17, 15) is 27.1 Å². The quantitative estimate of drug-likeness (QED) is 0.500. The van der Waals surface area contributed by atoms with Gasteiger partial charge < -0.3 is 10.4 Å². The van der Waals surface area contributed by atoms with E-state index >= 15 is 0 Å². The largest absolute Gasteiger partial charge is 0.391 e. The van der Waals surface area contributed by atoms with Gasteiger partial charge in [0.25, 0.3) is 0 Å². The lowest BCUT2D eigenvalue weighted by Gasteiger charge is -2.17. The van der Waals surface area contributed by atoms with E-state index in [0.29, 0.717) is 0 Å². The summed E-state index contributed by atoms with van der Waals surface area (Å²) >= 11 is 0. The Hall–Kier alpha value is -1.37. The molecule has 0 aliphatic heterocycles. The maximum atomic E-state index is 13.2. The van der Waals surface area contributed by atoms with Crippen molar-refractivity contribution in [3.05, 3.63) is 29.1 Å². The number of hydrogen-bond donors (Lipinski definition) is 2. The fourth-order valence-electron chi connectivity index (χ4n) is 1.20. The molecule has 0 aliphatic carbocycles. The fraction of sp³-hybridized carbons (Fsp3) is 0.455. The van der Waals surface area contributed by atoms with Crippen molar-refractivity contribution >= 4 is 5.69 Å². The zero-order chi connectivity index (χ0) is 14.0. The molecule has 1 aromatic rings. The third-order valence-electron chi connectivity index (χ3n) is 2.47. The van der Waals surface area contributed by atoms with E-state index in [2.05, 4.69) is 0 Å². The molecule has 1 atom stereocenters. The molecule has 0 saturated heterocycles. The highest BCUT2D eigenvalue weighted by atomic mass is 19.2. The summed E-state index contributed by atoms with van der Waals surface area (Å²) in [6.45, 7) is 2.96. The lowest BCUT2D eigenvalue weighted by atomic mass is 10.1. The fourth-order valence-corrected chi connectivity index (χ4v) is 1.20. The number of aliphatic hydroxyl groups is 1. The number of aliphatic hydroxyl groups excluding tert-OH is 1. The van der Waals surface area contributed by atoms with Crippen molar-refractivity contribution in [3.63, 3.8) is 0 Å². The van der Waals surface area contributed by atoms with Crippen molar-refractivity contribution < 1.29 is 27.1 Å². The van der Waals surface area contributed by atoms with E-state index in [1.165, 1.54) is 0 Å². The van der Waals surface area contributed by atoms with Gasteiger partial charge >= 0.3 is 0 Å². The van der Waals surface area contributed by atoms with Crippen LogP contribution in [0.3, 0.4) is 0 Å². The Morgan fingerprint density at radius 1 is 0.889 bits per heavy atom. The molecule has 2 N–H and O–H groups in total. The second-order valence-corrected chi connectivity index (χ2v) is 4.14. The molecule has 0 bridgehead atoms. The topological polar surface area (TPSA) is 32.3 Å². The van der Waals surface area contributed by atoms with E-state index in [0.717, 1.165) is 0 Å². The first-order chi connectivity index (χ1) is 8.27. The van der Waals surface area contributed by atoms with Gasteiger partial charge in [-0.2, -0.15) is 0 Å². The Kier molecular flexibility index (Phi) is 4.50. The molecule has 7 heteroatoms. The van der Waals surface area contributed by atoms with Gasteiger partial charge in [-0.3, -0.25) is 0 Å². The van der Waals surface area contributed by atoms with Crippen LogP contribution in [0.2, 0.25) is 0 Å². The van der Waals surface area contributed by atoms with E-state index < -0.39 is 40.9 Å². The van der Waals surface area contributed by atoms with E-state index in [4.69, 9.17) is 0 Å². The minimum Gasteiger partial charge on any atom is -0.391 e. The Morgan fingerprint density at radius 3 is 1.67 bits per heavy atom. The number of anilines is 1. The molecule has 0 aliphatic rings. The molecule has 1 unspecified atom stereocenters. The van der Waals surface area contributed by atoms with Gasteiger partial charge in [-0.1, -0.05) is 13.8 Å². The first-order valence-electron chi connectivity index (χ1n) is 5.20. The molecule has 0 fully saturated rings. The van der Waals surface area contributed by atoms with Gasteiger partial charge in [-0.25, -0.2) is 22.0 Å². The van der Waals surface area contributed by atoms with Gasteiger partial charge in [-0.15, -0.1) is 0 Å². The van der Waals surface area contributed by atoms with Crippen LogP contribution in [0.1, 0.15) is 13.8 Å². The smallest absolute Gasteiger partial charge is 0.200 e. The van der Waals surface area contributed by atoms with E-state index in [1.807, 2.05) is 5.32 Å². The lowest BCUT2D eigenvalue weighted by molar-refractivity contribution is 0.137. The number of halogens is 5. The first kappa shape index (κ1) is 14.7. The van der Waals surface area contributed by atoms with Gasteiger partial charge in [0.1, 0.15) is 5.69 Å². The van der Waals surface area contributed by atoms with Crippen molar-refractivity contribution in [3.8, 4) is 0 Å². The van der Waals surface area contributed by atoms with Crippen molar-refractivity contribution in [2.75, 3.05) is 11.9 Å². The summed E-state index contributed by atoms with van der Waals surface area (Å²) in [5.74, 6) is -10.4. The lowest BCUT2D eigenvalue weighted by Crippen LogP contribution is -2.26. The van der Waals surface area contributed by atoms with Gasteiger partial charge in [0, 0.05) is 6.54 Å². The third-order valence-corrected chi connectivity index (χ3v) is 2.47. The molecule has 0 amide bonds. The van der Waals surface area contributed by atoms with Crippen LogP contribution in [0.4, 0.5) is 27.6 Å². The predicted octanol–water partition coefficient (Wildman–Crippen LogP) is 2.81. The van der Waals surface area contributed by atoms with Crippen LogP contribution >= 0.6 is 0 Å². The molecule has 0 heterocycles. The normalized spacial score (nSPS) is 12.9. The molecular weight excluding hydrogens is 257 g/mol. The average Bonchev–Trinajstić information content (AvgIpc) is 2.33. The highest BCUT2D eigenvalue weighted by Crippen LogP contribution is 2.27. The van der Waals surface area contributed by atoms with E-state index in [1.54, 1.807) is 13.8 Å². The van der Waals surface area contributed by atoms with Crippen molar-refractivity contribution in [1.82, 2.24) is 0 Å². The van der Waals surface area contributed by atoms with Crippen LogP contribution in [0.5, 0.6) is 0 Å². The third kappa shape index (κ3) is 2.72. The van der Waals surface area contributed by atoms with Gasteiger partial charge in [0.2, 0.25) is 5.82 Å². The first-order valence-corrected chi connectivity index (χ1v) is 5.20. The van der Waals surface area contributed by atoms with Gasteiger partial charge in [-0.05, 0) is 5.92 Å². The minimum atomic E-state index is -2.21. The molecule has 0 radical (unpaired) electrons. The molecule has 1 rings (SSSR count). The van der Waals surface area contributed by atoms with Gasteiger partial charge in [0.05, 0.1) is 6.10 Å². The average molecular weight is 269 g/mol. The summed E-state index contributed by atoms with van der Waals surface area (Å²) in [6.07, 6.45) is -0.972. The Morgan fingerprint density at radius 2 is 1.28 bits per heavy atom. The summed E-state index contributed by atoms with van der Waals surface area (Å²) in [7, 11) is 0. The summed E-state index contributed by atoms with van der Waals surface area (Å²) in [6, 6.07) is 0. The van der Waals surface area contributed by atoms with Crippen LogP contribution < -0.4 is 5.32 Å². The zero-order valence-electron chi connectivity index (χ0n) is 9.70. The second kappa shape index (κ2) is 5.51. The SMILES string of the molecule is CC(C)C(O)CNc1c(F)c(F)c(F)c(F)c1F. The molecule has 102 valence electrons. The van der Waals surface area contributed by atoms with Crippen LogP contribution in [0.25, 0.3) is 0 Å². The molecule has 1 aromatic carbocycles. The summed E-state index contributed by atoms with van der Waals surface area (Å²) in [5.41, 5.74) is -1.13. The number of hydrogen-bond acceptors (Lipinski definition) is 2. The van der Waals surface area contributed by atoms with Gasteiger partial charge in [0.15, 0.2) is 23.3 Å². The molecule has 0 aromatic heterocycles. The minimum absolute atomic E-state index is 0.223. The van der Waals surface area contributed by atoms with Crippen molar-refractivity contribution in [2.45, 2.75) is 20.0 Å². The maximum absolute atomic E-state index is 13.2. The Bertz CT molecular complexity index is 421. The van der Waals surface area contributed by atoms with Crippen LogP contribution in [-0.4, -0.2) is 17.8 Å². The van der Waals surface area contributed by atoms with Crippen molar-refractivity contribution in [1.29, 1.82) is 0 Å². The monoisotopic (exact) mass is 269 g/mol. The highest BCUT2D eigenvalue weighted by molar-refractivity contribution is 5.47. The number of rotatable bonds is 4. The van der Waals surface area contributed by atoms with Crippen LogP contribution in [0, 0.1) is 35.0 Å². The molecule has 0 saturated carbocycles. The highest BCUT2D eigenvalue weighted by Gasteiger charge is 2.26. The zero-order valence-corrected chi connectivity index (χ0v) is 9.70. The second-order valence-electron chi connectivity index (χ2n) is 4.14. The summed E-state index contributed by atoms with van der Waals surface area (Å²) in [5, 5.41) is 11.4. The maximum Gasteiger partial charge on any atom is 0.200 e. The Balaban J connectivity index is 3.03. The Labute approximate surface area is 100 Å². The molecule has 18 heavy (non-hydrogen) atoms. The van der Waals surface area contributed by atoms with Crippen LogP contribution in [-0.2, 0) is 0 Å².